The first kappa shape index (κ1) is 27.3. The number of urea groups is 1. The lowest BCUT2D eigenvalue weighted by Gasteiger charge is -2.26. The maximum absolute atomic E-state index is 13.3. The molecule has 194 valence electrons. The Morgan fingerprint density at radius 2 is 1.79 bits per heavy atom. The van der Waals surface area contributed by atoms with E-state index in [0.29, 0.717) is 34.1 Å². The molecule has 1 heterocycles. The summed E-state index contributed by atoms with van der Waals surface area (Å²) in [6, 6.07) is 14.1. The summed E-state index contributed by atoms with van der Waals surface area (Å²) in [7, 11) is 1.49. The van der Waals surface area contributed by atoms with Crippen LogP contribution in [0.5, 0.6) is 11.5 Å². The minimum Gasteiger partial charge on any atom is -0.493 e. The molecule has 4 rings (SSSR count). The number of rotatable bonds is 8. The number of ether oxygens (including phenoxy) is 2. The highest BCUT2D eigenvalue weighted by molar-refractivity contribution is 6.43. The lowest BCUT2D eigenvalue weighted by atomic mass is 10.0. The second-order valence-corrected chi connectivity index (χ2v) is 9.43. The first-order valence-corrected chi connectivity index (χ1v) is 12.4. The summed E-state index contributed by atoms with van der Waals surface area (Å²) in [5, 5.41) is 3.19. The van der Waals surface area contributed by atoms with Crippen LogP contribution in [0, 0.1) is 0 Å². The first-order valence-electron chi connectivity index (χ1n) is 11.3. The Balaban J connectivity index is 1.70. The van der Waals surface area contributed by atoms with Crippen molar-refractivity contribution >= 4 is 64.4 Å². The maximum atomic E-state index is 13.3. The SMILES string of the molecule is C=CCc1cc(/C=C2\C(=O)NC(=O)N(c3ccc(Cl)c(Cl)c3)C2=O)cc(OC)c1OCc1cccc(Cl)c1. The second-order valence-electron chi connectivity index (χ2n) is 8.18. The number of imide groups is 2. The number of carbonyl (C=O) groups is 3. The number of hydrogen-bond acceptors (Lipinski definition) is 5. The average Bonchev–Trinajstić information content (AvgIpc) is 2.87. The van der Waals surface area contributed by atoms with Crippen molar-refractivity contribution in [2.75, 3.05) is 12.0 Å². The van der Waals surface area contributed by atoms with Crippen LogP contribution in [0.15, 0.2) is 72.8 Å². The standard InChI is InChI=1S/C28H21Cl3N2O5/c1-3-5-18-10-17(13-24(37-2)25(18)38-15-16-6-4-7-19(29)11-16)12-21-26(34)32-28(36)33(27(21)35)20-8-9-22(30)23(31)14-20/h3-4,6-14H,1,5,15H2,2H3,(H,32,34,36)/b21-12+. The van der Waals surface area contributed by atoms with Crippen molar-refractivity contribution < 1.29 is 23.9 Å². The lowest BCUT2D eigenvalue weighted by Crippen LogP contribution is -2.54. The molecule has 0 spiro atoms. The van der Waals surface area contributed by atoms with E-state index >= 15 is 0 Å². The molecule has 0 saturated carbocycles. The van der Waals surface area contributed by atoms with E-state index < -0.39 is 17.8 Å². The summed E-state index contributed by atoms with van der Waals surface area (Å²) < 4.78 is 11.6. The number of amides is 4. The van der Waals surface area contributed by atoms with Gasteiger partial charge in [0.1, 0.15) is 12.2 Å². The molecule has 38 heavy (non-hydrogen) atoms. The fraction of sp³-hybridized carbons (Fsp3) is 0.107. The van der Waals surface area contributed by atoms with Gasteiger partial charge in [-0.25, -0.2) is 9.69 Å². The number of anilines is 1. The molecule has 0 unspecified atom stereocenters. The van der Waals surface area contributed by atoms with Crippen molar-refractivity contribution in [3.05, 3.63) is 105 Å². The quantitative estimate of drug-likeness (QED) is 0.186. The molecule has 3 aromatic rings. The highest BCUT2D eigenvalue weighted by atomic mass is 35.5. The zero-order chi connectivity index (χ0) is 27.4. The Labute approximate surface area is 234 Å². The van der Waals surface area contributed by atoms with Gasteiger partial charge in [0.2, 0.25) is 0 Å². The Kier molecular flexibility index (Phi) is 8.42. The predicted molar refractivity (Wildman–Crippen MR) is 148 cm³/mol. The van der Waals surface area contributed by atoms with E-state index in [1.807, 2.05) is 12.1 Å². The van der Waals surface area contributed by atoms with E-state index in [9.17, 15) is 14.4 Å². The molecule has 0 atom stereocenters. The van der Waals surface area contributed by atoms with Crippen molar-refractivity contribution in [3.8, 4) is 11.5 Å². The molecule has 10 heteroatoms. The van der Waals surface area contributed by atoms with Crippen LogP contribution in [0.2, 0.25) is 15.1 Å². The first-order chi connectivity index (χ1) is 18.2. The van der Waals surface area contributed by atoms with E-state index in [1.54, 1.807) is 30.3 Å². The summed E-state index contributed by atoms with van der Waals surface area (Å²) in [5.41, 5.74) is 1.97. The Morgan fingerprint density at radius 1 is 1.00 bits per heavy atom. The number of carbonyl (C=O) groups excluding carboxylic acids is 3. The Hall–Kier alpha value is -3.78. The van der Waals surface area contributed by atoms with Crippen LogP contribution >= 0.6 is 34.8 Å². The smallest absolute Gasteiger partial charge is 0.335 e. The Morgan fingerprint density at radius 3 is 2.47 bits per heavy atom. The van der Waals surface area contributed by atoms with Crippen molar-refractivity contribution in [1.82, 2.24) is 5.32 Å². The normalized spacial score (nSPS) is 14.5. The summed E-state index contributed by atoms with van der Waals surface area (Å²) >= 11 is 18.1. The van der Waals surface area contributed by atoms with Gasteiger partial charge >= 0.3 is 6.03 Å². The van der Waals surface area contributed by atoms with Crippen LogP contribution in [-0.4, -0.2) is 25.0 Å². The van der Waals surface area contributed by atoms with Gasteiger partial charge in [-0.1, -0.05) is 53.0 Å². The van der Waals surface area contributed by atoms with Crippen LogP contribution < -0.4 is 19.7 Å². The molecule has 1 saturated heterocycles. The van der Waals surface area contributed by atoms with Gasteiger partial charge in [0.25, 0.3) is 11.8 Å². The Bertz CT molecular complexity index is 1490. The molecule has 0 aliphatic carbocycles. The molecule has 7 nitrogen and oxygen atoms in total. The van der Waals surface area contributed by atoms with Crippen molar-refractivity contribution in [2.45, 2.75) is 13.0 Å². The number of methoxy groups -OCH3 is 1. The van der Waals surface area contributed by atoms with E-state index in [1.165, 1.54) is 31.4 Å². The molecular weight excluding hydrogens is 551 g/mol. The van der Waals surface area contributed by atoms with Gasteiger partial charge in [-0.15, -0.1) is 6.58 Å². The van der Waals surface area contributed by atoms with Crippen molar-refractivity contribution in [1.29, 1.82) is 0 Å². The largest absolute Gasteiger partial charge is 0.493 e. The summed E-state index contributed by atoms with van der Waals surface area (Å²) in [4.78, 5) is 39.3. The highest BCUT2D eigenvalue weighted by Gasteiger charge is 2.37. The van der Waals surface area contributed by atoms with E-state index in [0.717, 1.165) is 10.5 Å². The number of allylic oxidation sites excluding steroid dienone is 1. The molecule has 1 N–H and O–H groups in total. The van der Waals surface area contributed by atoms with E-state index in [2.05, 4.69) is 11.9 Å². The molecule has 0 aromatic heterocycles. The minimum absolute atomic E-state index is 0.152. The molecule has 4 amide bonds. The van der Waals surface area contributed by atoms with Crippen LogP contribution in [0.3, 0.4) is 0 Å². The van der Waals surface area contributed by atoms with E-state index in [-0.39, 0.29) is 27.9 Å². The summed E-state index contributed by atoms with van der Waals surface area (Å²) in [6.07, 6.45) is 3.50. The predicted octanol–water partition coefficient (Wildman–Crippen LogP) is 6.63. The van der Waals surface area contributed by atoms with Gasteiger partial charge in [0.05, 0.1) is 22.8 Å². The van der Waals surface area contributed by atoms with Gasteiger partial charge in [-0.3, -0.25) is 14.9 Å². The molecule has 0 radical (unpaired) electrons. The maximum Gasteiger partial charge on any atom is 0.335 e. The molecule has 0 bridgehead atoms. The zero-order valence-electron chi connectivity index (χ0n) is 20.1. The number of hydrogen-bond donors (Lipinski definition) is 1. The molecule has 3 aromatic carbocycles. The third-order valence-electron chi connectivity index (χ3n) is 5.58. The third-order valence-corrected chi connectivity index (χ3v) is 6.56. The van der Waals surface area contributed by atoms with Gasteiger partial charge < -0.3 is 9.47 Å². The fourth-order valence-electron chi connectivity index (χ4n) is 3.85. The monoisotopic (exact) mass is 570 g/mol. The zero-order valence-corrected chi connectivity index (χ0v) is 22.4. The highest BCUT2D eigenvalue weighted by Crippen LogP contribution is 2.36. The molecule has 1 fully saturated rings. The van der Waals surface area contributed by atoms with Crippen LogP contribution in [0.25, 0.3) is 6.08 Å². The summed E-state index contributed by atoms with van der Waals surface area (Å²) in [5.74, 6) is -0.773. The van der Waals surface area contributed by atoms with Crippen molar-refractivity contribution in [3.63, 3.8) is 0 Å². The molecule has 1 aliphatic rings. The van der Waals surface area contributed by atoms with Gasteiger partial charge in [0.15, 0.2) is 11.5 Å². The van der Waals surface area contributed by atoms with E-state index in [4.69, 9.17) is 44.3 Å². The van der Waals surface area contributed by atoms with Gasteiger partial charge in [-0.2, -0.15) is 0 Å². The molecular formula is C28H21Cl3N2O5. The number of barbiturate groups is 1. The summed E-state index contributed by atoms with van der Waals surface area (Å²) in [6.45, 7) is 4.04. The number of nitrogens with zero attached hydrogens (tertiary/aromatic N) is 1. The third kappa shape index (κ3) is 5.86. The topological polar surface area (TPSA) is 84.9 Å². The van der Waals surface area contributed by atoms with Crippen LogP contribution in [0.1, 0.15) is 16.7 Å². The van der Waals surface area contributed by atoms with Crippen LogP contribution in [-0.2, 0) is 22.6 Å². The lowest BCUT2D eigenvalue weighted by molar-refractivity contribution is -0.122. The molecule has 1 aliphatic heterocycles. The second kappa shape index (κ2) is 11.7. The van der Waals surface area contributed by atoms with Crippen LogP contribution in [0.4, 0.5) is 10.5 Å². The van der Waals surface area contributed by atoms with Gasteiger partial charge in [-0.05, 0) is 66.1 Å². The number of benzene rings is 3. The van der Waals surface area contributed by atoms with Crippen molar-refractivity contribution in [2.24, 2.45) is 0 Å². The minimum atomic E-state index is -0.898. The van der Waals surface area contributed by atoms with Gasteiger partial charge in [0, 0.05) is 10.6 Å². The number of nitrogens with one attached hydrogen (secondary N) is 1. The number of halogens is 3. The fourth-order valence-corrected chi connectivity index (χ4v) is 4.36. The average molecular weight is 572 g/mol.